The molecule has 0 unspecified atom stereocenters. The molecule has 0 aromatic rings. The number of carbonyl (C=O) groups excluding carboxylic acids is 2. The second kappa shape index (κ2) is 9.87. The van der Waals surface area contributed by atoms with Crippen LogP contribution in [0.3, 0.4) is 0 Å². The van der Waals surface area contributed by atoms with Crippen molar-refractivity contribution >= 4 is 11.8 Å². The fourth-order valence-corrected chi connectivity index (χ4v) is 5.04. The van der Waals surface area contributed by atoms with Crippen LogP contribution in [0.4, 0.5) is 0 Å². The van der Waals surface area contributed by atoms with Gasteiger partial charge in [-0.3, -0.25) is 9.59 Å². The fraction of sp³-hybridized carbons (Fsp3) is 0.905. The number of hydrogen-bond donors (Lipinski definition) is 1. The average Bonchev–Trinajstić information content (AvgIpc) is 2.68. The molecular weight excluding hydrogens is 340 g/mol. The van der Waals surface area contributed by atoms with Crippen LogP contribution in [0.5, 0.6) is 0 Å². The van der Waals surface area contributed by atoms with Crippen LogP contribution in [0.15, 0.2) is 0 Å². The molecule has 2 amide bonds. The molecule has 1 N–H and O–H groups in total. The number of rotatable bonds is 7. The van der Waals surface area contributed by atoms with E-state index in [0.29, 0.717) is 12.5 Å². The van der Waals surface area contributed by atoms with E-state index in [1.807, 2.05) is 11.8 Å². The summed E-state index contributed by atoms with van der Waals surface area (Å²) in [5.74, 6) is 2.35. The van der Waals surface area contributed by atoms with Crippen LogP contribution in [-0.4, -0.2) is 85.4 Å². The Hall–Kier alpha value is -1.14. The molecule has 3 aliphatic rings. The van der Waals surface area contributed by atoms with Crippen molar-refractivity contribution in [1.29, 1.82) is 0 Å². The zero-order valence-electron chi connectivity index (χ0n) is 17.3. The van der Waals surface area contributed by atoms with Crippen LogP contribution in [0.1, 0.15) is 46.0 Å². The lowest BCUT2D eigenvalue weighted by atomic mass is 9.78. The van der Waals surface area contributed by atoms with Gasteiger partial charge in [-0.1, -0.05) is 13.8 Å². The maximum Gasteiger partial charge on any atom is 0.236 e. The third-order valence-electron chi connectivity index (χ3n) is 6.78. The molecule has 0 bridgehead atoms. The van der Waals surface area contributed by atoms with E-state index < -0.39 is 0 Å². The number of nitrogens with zero attached hydrogens (tertiary/aromatic N) is 3. The summed E-state index contributed by atoms with van der Waals surface area (Å²) in [6, 6.07) is 0. The molecular formula is C21H38N4O2. The second-order valence-electron chi connectivity index (χ2n) is 8.62. The van der Waals surface area contributed by atoms with Crippen LogP contribution < -0.4 is 5.32 Å². The number of piperidine rings is 2. The van der Waals surface area contributed by atoms with E-state index in [0.717, 1.165) is 89.9 Å². The van der Waals surface area contributed by atoms with E-state index >= 15 is 0 Å². The largest absolute Gasteiger partial charge is 0.342 e. The molecule has 3 aliphatic heterocycles. The summed E-state index contributed by atoms with van der Waals surface area (Å²) in [6.45, 7) is 12.3. The van der Waals surface area contributed by atoms with Gasteiger partial charge in [0, 0.05) is 39.3 Å². The number of nitrogens with one attached hydrogen (secondary N) is 1. The van der Waals surface area contributed by atoms with E-state index in [-0.39, 0.29) is 11.8 Å². The summed E-state index contributed by atoms with van der Waals surface area (Å²) in [4.78, 5) is 31.3. The molecule has 6 nitrogen and oxygen atoms in total. The SMILES string of the molecule is CCCN1CC(C(=O)N2CCC(C3CCN(C(=O)CNCC)CC3)CC2)C1. The summed E-state index contributed by atoms with van der Waals surface area (Å²) in [5.41, 5.74) is 0. The Morgan fingerprint density at radius 2 is 1.44 bits per heavy atom. The Morgan fingerprint density at radius 3 is 1.96 bits per heavy atom. The molecule has 0 spiro atoms. The lowest BCUT2D eigenvalue weighted by Gasteiger charge is -2.44. The summed E-state index contributed by atoms with van der Waals surface area (Å²) in [7, 11) is 0. The van der Waals surface area contributed by atoms with Gasteiger partial charge in [0.2, 0.25) is 11.8 Å². The second-order valence-corrected chi connectivity index (χ2v) is 8.62. The molecule has 0 radical (unpaired) electrons. The normalized spacial score (nSPS) is 23.5. The molecule has 27 heavy (non-hydrogen) atoms. The van der Waals surface area contributed by atoms with Gasteiger partial charge in [0.05, 0.1) is 12.5 Å². The van der Waals surface area contributed by atoms with Crippen molar-refractivity contribution in [2.75, 3.05) is 58.9 Å². The number of amides is 2. The van der Waals surface area contributed by atoms with Gasteiger partial charge in [-0.15, -0.1) is 0 Å². The first kappa shape index (κ1) is 20.6. The third-order valence-corrected chi connectivity index (χ3v) is 6.78. The van der Waals surface area contributed by atoms with Gasteiger partial charge in [-0.05, 0) is 57.0 Å². The van der Waals surface area contributed by atoms with Gasteiger partial charge in [-0.2, -0.15) is 0 Å². The van der Waals surface area contributed by atoms with Crippen molar-refractivity contribution in [3.63, 3.8) is 0 Å². The minimum absolute atomic E-state index is 0.244. The average molecular weight is 379 g/mol. The Morgan fingerprint density at radius 1 is 0.889 bits per heavy atom. The predicted molar refractivity (Wildman–Crippen MR) is 107 cm³/mol. The van der Waals surface area contributed by atoms with Gasteiger partial charge in [0.15, 0.2) is 0 Å². The third kappa shape index (κ3) is 5.23. The highest BCUT2D eigenvalue weighted by molar-refractivity contribution is 5.80. The van der Waals surface area contributed by atoms with Crippen LogP contribution in [0.25, 0.3) is 0 Å². The minimum atomic E-state index is 0.244. The summed E-state index contributed by atoms with van der Waals surface area (Å²) in [5, 5.41) is 3.13. The van der Waals surface area contributed by atoms with Gasteiger partial charge < -0.3 is 20.0 Å². The van der Waals surface area contributed by atoms with Gasteiger partial charge in [0.25, 0.3) is 0 Å². The summed E-state index contributed by atoms with van der Waals surface area (Å²) >= 11 is 0. The Balaban J connectivity index is 1.35. The first-order chi connectivity index (χ1) is 13.1. The van der Waals surface area contributed by atoms with Crippen molar-refractivity contribution < 1.29 is 9.59 Å². The molecule has 3 rings (SSSR count). The molecule has 0 aliphatic carbocycles. The van der Waals surface area contributed by atoms with Gasteiger partial charge >= 0.3 is 0 Å². The Kier molecular flexibility index (Phi) is 7.53. The number of likely N-dealkylation sites (tertiary alicyclic amines) is 3. The van der Waals surface area contributed by atoms with Gasteiger partial charge in [0.1, 0.15) is 0 Å². The van der Waals surface area contributed by atoms with Gasteiger partial charge in [-0.25, -0.2) is 0 Å². The van der Waals surface area contributed by atoms with Crippen LogP contribution in [0.2, 0.25) is 0 Å². The molecule has 3 saturated heterocycles. The smallest absolute Gasteiger partial charge is 0.236 e. The van der Waals surface area contributed by atoms with Crippen LogP contribution >= 0.6 is 0 Å². The Bertz CT molecular complexity index is 490. The fourth-order valence-electron chi connectivity index (χ4n) is 5.04. The monoisotopic (exact) mass is 378 g/mol. The maximum atomic E-state index is 12.7. The van der Waals surface area contributed by atoms with E-state index in [4.69, 9.17) is 0 Å². The molecule has 3 fully saturated rings. The summed E-state index contributed by atoms with van der Waals surface area (Å²) < 4.78 is 0. The maximum absolute atomic E-state index is 12.7. The molecule has 3 heterocycles. The molecule has 6 heteroatoms. The Labute approximate surface area is 164 Å². The van der Waals surface area contributed by atoms with Crippen molar-refractivity contribution in [1.82, 2.24) is 20.0 Å². The molecule has 0 aromatic heterocycles. The quantitative estimate of drug-likeness (QED) is 0.728. The molecule has 0 aromatic carbocycles. The predicted octanol–water partition coefficient (Wildman–Crippen LogP) is 1.41. The lowest BCUT2D eigenvalue weighted by molar-refractivity contribution is -0.143. The highest BCUT2D eigenvalue weighted by Crippen LogP contribution is 2.33. The summed E-state index contributed by atoms with van der Waals surface area (Å²) in [6.07, 6.45) is 5.72. The first-order valence-electron chi connectivity index (χ1n) is 11.1. The number of likely N-dealkylation sites (N-methyl/N-ethyl adjacent to an activating group) is 1. The zero-order chi connectivity index (χ0) is 19.2. The lowest BCUT2D eigenvalue weighted by Crippen LogP contribution is -2.55. The van der Waals surface area contributed by atoms with Crippen LogP contribution in [0, 0.1) is 17.8 Å². The van der Waals surface area contributed by atoms with E-state index in [9.17, 15) is 9.59 Å². The highest BCUT2D eigenvalue weighted by Gasteiger charge is 2.37. The van der Waals surface area contributed by atoms with E-state index in [1.54, 1.807) is 0 Å². The van der Waals surface area contributed by atoms with E-state index in [2.05, 4.69) is 22.0 Å². The molecule has 0 saturated carbocycles. The minimum Gasteiger partial charge on any atom is -0.342 e. The topological polar surface area (TPSA) is 55.9 Å². The standard InChI is InChI=1S/C21H38N4O2/c1-3-9-23-15-19(16-23)21(27)25-12-7-18(8-13-25)17-5-10-24(11-6-17)20(26)14-22-4-2/h17-19,22H,3-16H2,1-2H3. The number of carbonyl (C=O) groups is 2. The molecule has 0 atom stereocenters. The first-order valence-corrected chi connectivity index (χ1v) is 11.1. The van der Waals surface area contributed by atoms with Crippen molar-refractivity contribution in [3.8, 4) is 0 Å². The van der Waals surface area contributed by atoms with Crippen molar-refractivity contribution in [2.45, 2.75) is 46.0 Å². The van der Waals surface area contributed by atoms with E-state index in [1.165, 1.54) is 6.42 Å². The van der Waals surface area contributed by atoms with Crippen molar-refractivity contribution in [2.24, 2.45) is 17.8 Å². The zero-order valence-corrected chi connectivity index (χ0v) is 17.3. The molecule has 154 valence electrons. The van der Waals surface area contributed by atoms with Crippen molar-refractivity contribution in [3.05, 3.63) is 0 Å². The number of hydrogen-bond acceptors (Lipinski definition) is 4. The van der Waals surface area contributed by atoms with Crippen LogP contribution in [-0.2, 0) is 9.59 Å². The highest BCUT2D eigenvalue weighted by atomic mass is 16.2.